The van der Waals surface area contributed by atoms with Crippen LogP contribution in [0.25, 0.3) is 44.3 Å². The number of para-hydroxylation sites is 1. The molecule has 0 spiro atoms. The smallest absolute Gasteiger partial charge is 0.144 e. The quantitative estimate of drug-likeness (QED) is 0.286. The fourth-order valence-electron chi connectivity index (χ4n) is 4.84. The molecule has 0 unspecified atom stereocenters. The zero-order valence-electron chi connectivity index (χ0n) is 19.7. The normalized spacial score (nSPS) is 12.1. The van der Waals surface area contributed by atoms with Crippen LogP contribution in [-0.2, 0) is 5.41 Å². The van der Waals surface area contributed by atoms with Gasteiger partial charge in [0.15, 0.2) is 0 Å². The number of aromatic nitrogens is 1. The Morgan fingerprint density at radius 3 is 2.25 bits per heavy atom. The second kappa shape index (κ2) is 7.34. The highest BCUT2D eigenvalue weighted by atomic mass is 16.3. The number of benzene rings is 3. The fraction of sp³-hybridized carbons (Fsp3) is 0.233. The van der Waals surface area contributed by atoms with Gasteiger partial charge in [-0.15, -0.1) is 0 Å². The molecule has 0 bridgehead atoms. The van der Waals surface area contributed by atoms with Crippen LogP contribution in [0.5, 0.6) is 0 Å². The van der Waals surface area contributed by atoms with Crippen LogP contribution in [0, 0.1) is 20.8 Å². The van der Waals surface area contributed by atoms with E-state index in [2.05, 4.69) is 107 Å². The van der Waals surface area contributed by atoms with E-state index < -0.39 is 0 Å². The van der Waals surface area contributed by atoms with E-state index >= 15 is 0 Å². The summed E-state index contributed by atoms with van der Waals surface area (Å²) in [5.41, 5.74) is 11.5. The number of furan rings is 1. The van der Waals surface area contributed by atoms with Crippen LogP contribution in [0.3, 0.4) is 0 Å². The van der Waals surface area contributed by atoms with Crippen LogP contribution in [0.1, 0.15) is 43.0 Å². The molecule has 0 atom stereocenters. The van der Waals surface area contributed by atoms with E-state index in [1.807, 2.05) is 6.20 Å². The summed E-state index contributed by atoms with van der Waals surface area (Å²) in [4.78, 5) is 4.68. The summed E-state index contributed by atoms with van der Waals surface area (Å²) in [6, 6.07) is 21.7. The molecule has 0 amide bonds. The largest absolute Gasteiger partial charge is 0.455 e. The highest BCUT2D eigenvalue weighted by molar-refractivity contribution is 6.10. The molecule has 0 saturated heterocycles. The zero-order chi connectivity index (χ0) is 22.6. The van der Waals surface area contributed by atoms with Crippen molar-refractivity contribution in [2.45, 2.75) is 47.0 Å². The summed E-state index contributed by atoms with van der Waals surface area (Å²) in [5.74, 6) is 0. The molecule has 0 saturated carbocycles. The first-order valence-electron chi connectivity index (χ1n) is 11.2. The summed E-state index contributed by atoms with van der Waals surface area (Å²) in [5, 5.41) is 2.27. The Hall–Kier alpha value is -3.39. The number of hydrogen-bond donors (Lipinski definition) is 0. The van der Waals surface area contributed by atoms with Gasteiger partial charge in [-0.05, 0) is 84.3 Å². The Kier molecular flexibility index (Phi) is 4.70. The monoisotopic (exact) mass is 419 g/mol. The highest BCUT2D eigenvalue weighted by Crippen LogP contribution is 2.38. The predicted molar refractivity (Wildman–Crippen MR) is 135 cm³/mol. The molecule has 5 aromatic rings. The van der Waals surface area contributed by atoms with Crippen LogP contribution >= 0.6 is 0 Å². The molecular formula is C30H29NO. The molecule has 0 radical (unpaired) electrons. The molecule has 0 aliphatic carbocycles. The van der Waals surface area contributed by atoms with Crippen LogP contribution in [0.4, 0.5) is 0 Å². The molecule has 2 heterocycles. The van der Waals surface area contributed by atoms with Gasteiger partial charge in [0.2, 0.25) is 0 Å². The van der Waals surface area contributed by atoms with Crippen LogP contribution in [0.2, 0.25) is 0 Å². The lowest BCUT2D eigenvalue weighted by molar-refractivity contribution is 0.589. The molecule has 0 fully saturated rings. The third kappa shape index (κ3) is 3.40. The van der Waals surface area contributed by atoms with Gasteiger partial charge < -0.3 is 4.42 Å². The van der Waals surface area contributed by atoms with Crippen LogP contribution < -0.4 is 0 Å². The lowest BCUT2D eigenvalue weighted by Gasteiger charge is -2.19. The van der Waals surface area contributed by atoms with Crippen molar-refractivity contribution in [1.82, 2.24) is 4.98 Å². The third-order valence-electron chi connectivity index (χ3n) is 6.37. The van der Waals surface area contributed by atoms with E-state index in [4.69, 9.17) is 4.42 Å². The topological polar surface area (TPSA) is 26.0 Å². The number of hydrogen-bond acceptors (Lipinski definition) is 2. The van der Waals surface area contributed by atoms with Gasteiger partial charge in [0.25, 0.3) is 0 Å². The maximum atomic E-state index is 6.49. The molecule has 2 heteroatoms. The van der Waals surface area contributed by atoms with Gasteiger partial charge in [0, 0.05) is 22.5 Å². The number of rotatable bonds is 2. The first kappa shape index (κ1) is 20.5. The molecule has 0 N–H and O–H groups in total. The minimum absolute atomic E-state index is 0.0676. The van der Waals surface area contributed by atoms with E-state index in [0.29, 0.717) is 0 Å². The summed E-state index contributed by atoms with van der Waals surface area (Å²) in [6.07, 6.45) is 1.90. The molecule has 32 heavy (non-hydrogen) atoms. The van der Waals surface area contributed by atoms with Crippen LogP contribution in [0.15, 0.2) is 71.3 Å². The average Bonchev–Trinajstić information content (AvgIpc) is 3.10. The van der Waals surface area contributed by atoms with E-state index in [1.165, 1.54) is 33.4 Å². The van der Waals surface area contributed by atoms with Crippen molar-refractivity contribution in [3.05, 3.63) is 89.1 Å². The molecule has 3 aromatic carbocycles. The summed E-state index contributed by atoms with van der Waals surface area (Å²) < 4.78 is 6.49. The van der Waals surface area contributed by atoms with Gasteiger partial charge in [-0.2, -0.15) is 0 Å². The lowest BCUT2D eigenvalue weighted by atomic mass is 9.87. The van der Waals surface area contributed by atoms with Gasteiger partial charge in [0.1, 0.15) is 11.2 Å². The fourth-order valence-corrected chi connectivity index (χ4v) is 4.84. The van der Waals surface area contributed by atoms with E-state index in [1.54, 1.807) is 0 Å². The Morgan fingerprint density at radius 1 is 0.781 bits per heavy atom. The van der Waals surface area contributed by atoms with Crippen molar-refractivity contribution in [3.63, 3.8) is 0 Å². The molecule has 0 aliphatic rings. The Bertz CT molecular complexity index is 1460. The van der Waals surface area contributed by atoms with Crippen molar-refractivity contribution in [1.29, 1.82) is 0 Å². The second-order valence-corrected chi connectivity index (χ2v) is 9.95. The predicted octanol–water partition coefficient (Wildman–Crippen LogP) is 8.54. The average molecular weight is 420 g/mol. The van der Waals surface area contributed by atoms with Gasteiger partial charge in [-0.3, -0.25) is 4.98 Å². The molecule has 2 nitrogen and oxygen atoms in total. The standard InChI is InChI=1S/C30H29NO/c1-18-14-19(2)28(20(3)15-18)21-10-11-23-24-8-7-9-25(29(24)32-27(23)16-21)26-17-22(12-13-31-26)30(4,5)6/h7-17H,1-6H3. The maximum absolute atomic E-state index is 6.49. The number of pyridine rings is 1. The van der Waals surface area contributed by atoms with Gasteiger partial charge in [-0.25, -0.2) is 0 Å². The van der Waals surface area contributed by atoms with Gasteiger partial charge in [0.05, 0.1) is 5.69 Å². The van der Waals surface area contributed by atoms with Gasteiger partial charge in [-0.1, -0.05) is 56.7 Å². The van der Waals surface area contributed by atoms with Crippen molar-refractivity contribution in [2.75, 3.05) is 0 Å². The minimum atomic E-state index is 0.0676. The Labute approximate surface area is 189 Å². The Balaban J connectivity index is 1.71. The number of nitrogens with zero attached hydrogens (tertiary/aromatic N) is 1. The lowest BCUT2D eigenvalue weighted by Crippen LogP contribution is -2.11. The van der Waals surface area contributed by atoms with Crippen molar-refractivity contribution >= 4 is 21.9 Å². The second-order valence-electron chi connectivity index (χ2n) is 9.95. The van der Waals surface area contributed by atoms with E-state index in [9.17, 15) is 0 Å². The summed E-state index contributed by atoms with van der Waals surface area (Å²) in [7, 11) is 0. The molecule has 5 rings (SSSR count). The van der Waals surface area contributed by atoms with Crippen molar-refractivity contribution in [3.8, 4) is 22.4 Å². The number of aryl methyl sites for hydroxylation is 3. The first-order chi connectivity index (χ1) is 15.2. The molecule has 0 aliphatic heterocycles. The third-order valence-corrected chi connectivity index (χ3v) is 6.37. The summed E-state index contributed by atoms with van der Waals surface area (Å²) in [6.45, 7) is 13.2. The van der Waals surface area contributed by atoms with Crippen molar-refractivity contribution in [2.24, 2.45) is 0 Å². The summed E-state index contributed by atoms with van der Waals surface area (Å²) >= 11 is 0. The van der Waals surface area contributed by atoms with E-state index in [-0.39, 0.29) is 5.41 Å². The number of fused-ring (bicyclic) bond motifs is 3. The highest BCUT2D eigenvalue weighted by Gasteiger charge is 2.18. The maximum Gasteiger partial charge on any atom is 0.144 e. The van der Waals surface area contributed by atoms with Crippen LogP contribution in [-0.4, -0.2) is 4.98 Å². The zero-order valence-corrected chi connectivity index (χ0v) is 19.7. The van der Waals surface area contributed by atoms with E-state index in [0.717, 1.165) is 33.2 Å². The SMILES string of the molecule is Cc1cc(C)c(-c2ccc3c(c2)oc2c(-c4cc(C(C)(C)C)ccn4)cccc23)c(C)c1. The first-order valence-corrected chi connectivity index (χ1v) is 11.2. The molecule has 2 aromatic heterocycles. The minimum Gasteiger partial charge on any atom is -0.455 e. The Morgan fingerprint density at radius 2 is 1.53 bits per heavy atom. The van der Waals surface area contributed by atoms with Crippen molar-refractivity contribution < 1.29 is 4.42 Å². The molecular weight excluding hydrogens is 390 g/mol. The molecule has 160 valence electrons. The van der Waals surface area contributed by atoms with Gasteiger partial charge >= 0.3 is 0 Å².